The van der Waals surface area contributed by atoms with E-state index in [0.29, 0.717) is 35.7 Å². The third kappa shape index (κ3) is 6.29. The minimum Gasteiger partial charge on any atom is -0.492 e. The molecule has 5 heteroatoms. The number of carbonyl (C=O) groups excluding carboxylic acids is 1. The van der Waals surface area contributed by atoms with Crippen LogP contribution in [0.15, 0.2) is 42.0 Å². The van der Waals surface area contributed by atoms with Gasteiger partial charge in [-0.25, -0.2) is 4.79 Å². The normalized spacial score (nSPS) is 16.0. The fraction of sp³-hybridized carbons (Fsp3) is 0.444. The lowest BCUT2D eigenvalue weighted by molar-refractivity contribution is -0.137. The number of fused-ring (bicyclic) bond motifs is 1. The van der Waals surface area contributed by atoms with Gasteiger partial charge >= 0.3 is 5.97 Å². The van der Waals surface area contributed by atoms with Gasteiger partial charge in [-0.1, -0.05) is 43.7 Å². The smallest absolute Gasteiger partial charge is 0.330 e. The molecule has 0 saturated heterocycles. The van der Waals surface area contributed by atoms with Gasteiger partial charge in [-0.2, -0.15) is 0 Å². The van der Waals surface area contributed by atoms with E-state index in [1.54, 1.807) is 6.92 Å². The molecule has 0 amide bonds. The van der Waals surface area contributed by atoms with Crippen LogP contribution in [0.4, 0.5) is 0 Å². The second-order valence-electron chi connectivity index (χ2n) is 8.69. The van der Waals surface area contributed by atoms with Gasteiger partial charge in [0.15, 0.2) is 5.75 Å². The molecule has 1 aliphatic rings. The van der Waals surface area contributed by atoms with Crippen LogP contribution in [0.25, 0.3) is 11.1 Å². The Morgan fingerprint density at radius 3 is 2.50 bits per heavy atom. The Kier molecular flexibility index (Phi) is 8.80. The molecule has 1 heterocycles. The fourth-order valence-corrected chi connectivity index (χ4v) is 3.88. The highest BCUT2D eigenvalue weighted by atomic mass is 35.5. The molecule has 0 bridgehead atoms. The molecular weight excluding hydrogens is 424 g/mol. The molecule has 174 valence electrons. The lowest BCUT2D eigenvalue weighted by atomic mass is 9.86. The highest BCUT2D eigenvalue weighted by Crippen LogP contribution is 2.49. The van der Waals surface area contributed by atoms with Crippen LogP contribution in [0.1, 0.15) is 66.5 Å². The second kappa shape index (κ2) is 10.9. The summed E-state index contributed by atoms with van der Waals surface area (Å²) in [5, 5.41) is 0.494. The third-order valence-electron chi connectivity index (χ3n) is 5.03. The zero-order valence-electron chi connectivity index (χ0n) is 20.5. The second-order valence-corrected chi connectivity index (χ2v) is 9.06. The van der Waals surface area contributed by atoms with Gasteiger partial charge in [0.05, 0.1) is 13.2 Å². The fourth-order valence-electron chi connectivity index (χ4n) is 3.58. The molecule has 0 radical (unpaired) electrons. The van der Waals surface area contributed by atoms with Crippen molar-refractivity contribution in [3.63, 3.8) is 0 Å². The maximum Gasteiger partial charge on any atom is 0.330 e. The number of carbonyl (C=O) groups is 1. The summed E-state index contributed by atoms with van der Waals surface area (Å²) < 4.78 is 17.2. The SMILES string of the molecule is CCOC(=O)/C=C(C)/C=C/C=C(/C)c1cc2c(c(Cl)c1OCC)OC(C)(C)C=C2C(C)C. The van der Waals surface area contributed by atoms with Crippen LogP contribution in [0, 0.1) is 5.92 Å². The Hall–Kier alpha value is -2.46. The summed E-state index contributed by atoms with van der Waals surface area (Å²) in [6.45, 7) is 16.9. The van der Waals surface area contributed by atoms with Crippen LogP contribution in [0.2, 0.25) is 5.02 Å². The first-order valence-corrected chi connectivity index (χ1v) is 11.5. The summed E-state index contributed by atoms with van der Waals surface area (Å²) in [4.78, 5) is 11.6. The van der Waals surface area contributed by atoms with Gasteiger partial charge in [0.25, 0.3) is 0 Å². The summed E-state index contributed by atoms with van der Waals surface area (Å²) in [7, 11) is 0. The van der Waals surface area contributed by atoms with Crippen LogP contribution in [0.5, 0.6) is 11.5 Å². The Balaban J connectivity index is 2.53. The van der Waals surface area contributed by atoms with Gasteiger partial charge in [-0.15, -0.1) is 0 Å². The first-order valence-electron chi connectivity index (χ1n) is 11.1. The molecule has 0 unspecified atom stereocenters. The van der Waals surface area contributed by atoms with E-state index in [2.05, 4.69) is 26.0 Å². The van der Waals surface area contributed by atoms with E-state index in [-0.39, 0.29) is 5.97 Å². The summed E-state index contributed by atoms with van der Waals surface area (Å²) in [6.07, 6.45) is 9.40. The molecule has 4 nitrogen and oxygen atoms in total. The summed E-state index contributed by atoms with van der Waals surface area (Å²) in [5.41, 5.74) is 4.48. The van der Waals surface area contributed by atoms with Crippen LogP contribution in [0.3, 0.4) is 0 Å². The molecule has 0 atom stereocenters. The van der Waals surface area contributed by atoms with Crippen LogP contribution in [-0.2, 0) is 9.53 Å². The molecule has 0 N–H and O–H groups in total. The standard InChI is InChI=1S/C27H35ClO4/c1-9-30-23(29)14-18(5)12-11-13-19(6)20-15-21-22(17(3)4)16-27(7,8)32-26(21)24(28)25(20)31-10-2/h11-17H,9-10H2,1-8H3/b12-11+,18-14+,19-13-. The first-order chi connectivity index (χ1) is 15.0. The number of allylic oxidation sites excluding steroid dienone is 6. The molecule has 2 rings (SSSR count). The number of esters is 1. The van der Waals surface area contributed by atoms with Crippen molar-refractivity contribution in [3.05, 3.63) is 58.2 Å². The van der Waals surface area contributed by atoms with E-state index in [1.165, 1.54) is 11.6 Å². The van der Waals surface area contributed by atoms with E-state index in [4.69, 9.17) is 25.8 Å². The minimum atomic E-state index is -0.447. The summed E-state index contributed by atoms with van der Waals surface area (Å²) >= 11 is 6.84. The van der Waals surface area contributed by atoms with Crippen molar-refractivity contribution >= 4 is 28.7 Å². The number of rotatable bonds is 8. The predicted octanol–water partition coefficient (Wildman–Crippen LogP) is 7.42. The van der Waals surface area contributed by atoms with Crippen LogP contribution >= 0.6 is 11.6 Å². The quantitative estimate of drug-likeness (QED) is 0.231. The van der Waals surface area contributed by atoms with Gasteiger partial charge in [-0.05, 0) is 76.3 Å². The van der Waals surface area contributed by atoms with Crippen molar-refractivity contribution in [3.8, 4) is 11.5 Å². The molecule has 1 aliphatic heterocycles. The average molecular weight is 459 g/mol. The lowest BCUT2D eigenvalue weighted by Crippen LogP contribution is -2.30. The summed E-state index contributed by atoms with van der Waals surface area (Å²) in [6, 6.07) is 2.11. The van der Waals surface area contributed by atoms with Crippen molar-refractivity contribution in [2.45, 2.75) is 61.0 Å². The topological polar surface area (TPSA) is 44.8 Å². The molecule has 0 spiro atoms. The lowest BCUT2D eigenvalue weighted by Gasteiger charge is -2.34. The molecule has 1 aromatic carbocycles. The van der Waals surface area contributed by atoms with Gasteiger partial charge < -0.3 is 14.2 Å². The number of benzene rings is 1. The van der Waals surface area contributed by atoms with Gasteiger partial charge in [-0.3, -0.25) is 0 Å². The van der Waals surface area contributed by atoms with E-state index in [9.17, 15) is 4.79 Å². The molecule has 0 fully saturated rings. The molecule has 0 aliphatic carbocycles. The number of halogens is 1. The van der Waals surface area contributed by atoms with Gasteiger partial charge in [0, 0.05) is 17.2 Å². The maximum absolute atomic E-state index is 11.6. The number of ether oxygens (including phenoxy) is 3. The van der Waals surface area contributed by atoms with E-state index in [0.717, 1.165) is 22.3 Å². The third-order valence-corrected chi connectivity index (χ3v) is 5.37. The highest BCUT2D eigenvalue weighted by molar-refractivity contribution is 6.34. The molecular formula is C27H35ClO4. The van der Waals surface area contributed by atoms with Crippen LogP contribution in [-0.4, -0.2) is 24.8 Å². The van der Waals surface area contributed by atoms with Gasteiger partial charge in [0.1, 0.15) is 16.4 Å². The minimum absolute atomic E-state index is 0.318. The summed E-state index contributed by atoms with van der Waals surface area (Å²) in [5.74, 6) is 1.27. The largest absolute Gasteiger partial charge is 0.492 e. The van der Waals surface area contributed by atoms with Crippen molar-refractivity contribution in [1.82, 2.24) is 0 Å². The maximum atomic E-state index is 11.6. The number of hydrogen-bond acceptors (Lipinski definition) is 4. The van der Waals surface area contributed by atoms with Gasteiger partial charge in [0.2, 0.25) is 0 Å². The predicted molar refractivity (Wildman–Crippen MR) is 133 cm³/mol. The van der Waals surface area contributed by atoms with Crippen molar-refractivity contribution < 1.29 is 19.0 Å². The van der Waals surface area contributed by atoms with Crippen LogP contribution < -0.4 is 9.47 Å². The highest BCUT2D eigenvalue weighted by Gasteiger charge is 2.32. The zero-order chi connectivity index (χ0) is 24.1. The van der Waals surface area contributed by atoms with Crippen molar-refractivity contribution in [2.24, 2.45) is 5.92 Å². The Morgan fingerprint density at radius 1 is 1.22 bits per heavy atom. The zero-order valence-corrected chi connectivity index (χ0v) is 21.2. The molecule has 32 heavy (non-hydrogen) atoms. The molecule has 0 aromatic heterocycles. The first kappa shape index (κ1) is 25.8. The van der Waals surface area contributed by atoms with E-state index < -0.39 is 5.60 Å². The number of hydrogen-bond donors (Lipinski definition) is 0. The van der Waals surface area contributed by atoms with Crippen molar-refractivity contribution in [1.29, 1.82) is 0 Å². The van der Waals surface area contributed by atoms with E-state index >= 15 is 0 Å². The molecule has 0 saturated carbocycles. The molecule has 1 aromatic rings. The van der Waals surface area contributed by atoms with E-state index in [1.807, 2.05) is 52.8 Å². The monoisotopic (exact) mass is 458 g/mol. The average Bonchev–Trinajstić information content (AvgIpc) is 2.69. The Labute approximate surface area is 197 Å². The Bertz CT molecular complexity index is 978. The van der Waals surface area contributed by atoms with Crippen molar-refractivity contribution in [2.75, 3.05) is 13.2 Å². The Morgan fingerprint density at radius 2 is 1.91 bits per heavy atom.